The zero-order chi connectivity index (χ0) is 16.8. The molecule has 1 unspecified atom stereocenters. The van der Waals surface area contributed by atoms with Crippen LogP contribution in [0.15, 0.2) is 82.9 Å². The van der Waals surface area contributed by atoms with E-state index in [9.17, 15) is 0 Å². The summed E-state index contributed by atoms with van der Waals surface area (Å²) in [7, 11) is 0. The standard InChI is InChI=1S/C21H23N3/c1-3-17(2)24-16-10-15-20(23-24)22-21(18-11-6-4-7-12-18)19-13-8-5-9-14-19/h4-15,17H,3,16H2,1-2H3. The van der Waals surface area contributed by atoms with Crippen LogP contribution in [0.2, 0.25) is 0 Å². The minimum atomic E-state index is 0.414. The van der Waals surface area contributed by atoms with E-state index in [1.165, 1.54) is 0 Å². The molecule has 3 rings (SSSR count). The number of hydrogen-bond acceptors (Lipinski definition) is 3. The summed E-state index contributed by atoms with van der Waals surface area (Å²) < 4.78 is 0. The molecule has 0 bridgehead atoms. The molecule has 122 valence electrons. The number of benzene rings is 2. The van der Waals surface area contributed by atoms with Gasteiger partial charge in [-0.25, -0.2) is 4.99 Å². The van der Waals surface area contributed by atoms with Crippen LogP contribution in [0.5, 0.6) is 0 Å². The molecule has 1 aliphatic heterocycles. The van der Waals surface area contributed by atoms with E-state index < -0.39 is 0 Å². The van der Waals surface area contributed by atoms with E-state index in [4.69, 9.17) is 10.1 Å². The van der Waals surface area contributed by atoms with Gasteiger partial charge < -0.3 is 0 Å². The monoisotopic (exact) mass is 317 g/mol. The summed E-state index contributed by atoms with van der Waals surface area (Å²) in [6.45, 7) is 5.22. The van der Waals surface area contributed by atoms with Crippen LogP contribution in [-0.4, -0.2) is 29.1 Å². The van der Waals surface area contributed by atoms with Crippen LogP contribution >= 0.6 is 0 Å². The lowest BCUT2D eigenvalue weighted by Gasteiger charge is -2.26. The Morgan fingerprint density at radius 2 is 1.62 bits per heavy atom. The first-order valence-corrected chi connectivity index (χ1v) is 8.49. The third kappa shape index (κ3) is 3.80. The first kappa shape index (κ1) is 16.2. The van der Waals surface area contributed by atoms with Crippen LogP contribution in [0.4, 0.5) is 0 Å². The maximum absolute atomic E-state index is 4.88. The highest BCUT2D eigenvalue weighted by Gasteiger charge is 2.13. The fourth-order valence-electron chi connectivity index (χ4n) is 2.62. The van der Waals surface area contributed by atoms with Crippen LogP contribution in [-0.2, 0) is 0 Å². The molecular weight excluding hydrogens is 294 g/mol. The first-order valence-electron chi connectivity index (χ1n) is 8.49. The number of nitrogens with zero attached hydrogens (tertiary/aromatic N) is 3. The smallest absolute Gasteiger partial charge is 0.172 e. The van der Waals surface area contributed by atoms with Crippen LogP contribution < -0.4 is 0 Å². The molecule has 3 heteroatoms. The van der Waals surface area contributed by atoms with Crippen molar-refractivity contribution in [2.45, 2.75) is 26.3 Å². The van der Waals surface area contributed by atoms with Gasteiger partial charge in [0.1, 0.15) is 0 Å². The Balaban J connectivity index is 2.01. The topological polar surface area (TPSA) is 28.0 Å². The molecule has 0 fully saturated rings. The number of amidine groups is 1. The molecular formula is C21H23N3. The van der Waals surface area contributed by atoms with E-state index in [0.717, 1.165) is 35.6 Å². The second-order valence-corrected chi connectivity index (χ2v) is 5.93. The predicted octanol–water partition coefficient (Wildman–Crippen LogP) is 4.51. The molecule has 0 aromatic heterocycles. The van der Waals surface area contributed by atoms with Gasteiger partial charge in [-0.15, -0.1) is 0 Å². The SMILES string of the molecule is CCC(C)N1CC=CC(N=C(c2ccccc2)c2ccccc2)=N1. The summed E-state index contributed by atoms with van der Waals surface area (Å²) in [4.78, 5) is 4.88. The van der Waals surface area contributed by atoms with Gasteiger partial charge in [0.15, 0.2) is 5.84 Å². The number of hydrazone groups is 1. The van der Waals surface area contributed by atoms with Gasteiger partial charge in [0, 0.05) is 17.2 Å². The summed E-state index contributed by atoms with van der Waals surface area (Å²) in [5, 5.41) is 6.82. The Kier molecular flexibility index (Phi) is 5.22. The van der Waals surface area contributed by atoms with Crippen LogP contribution in [0.1, 0.15) is 31.4 Å². The van der Waals surface area contributed by atoms with Crippen LogP contribution in [0.25, 0.3) is 0 Å². The summed E-state index contributed by atoms with van der Waals surface area (Å²) in [5.41, 5.74) is 3.14. The van der Waals surface area contributed by atoms with Gasteiger partial charge >= 0.3 is 0 Å². The molecule has 1 heterocycles. The Morgan fingerprint density at radius 1 is 1.04 bits per heavy atom. The zero-order valence-corrected chi connectivity index (χ0v) is 14.3. The van der Waals surface area contributed by atoms with E-state index in [2.05, 4.69) is 49.2 Å². The highest BCUT2D eigenvalue weighted by atomic mass is 15.5. The fourth-order valence-corrected chi connectivity index (χ4v) is 2.62. The van der Waals surface area contributed by atoms with E-state index in [-0.39, 0.29) is 0 Å². The van der Waals surface area contributed by atoms with Crippen molar-refractivity contribution in [3.05, 3.63) is 83.9 Å². The van der Waals surface area contributed by atoms with Gasteiger partial charge in [-0.3, -0.25) is 5.01 Å². The minimum Gasteiger partial charge on any atom is -0.288 e. The zero-order valence-electron chi connectivity index (χ0n) is 14.3. The second-order valence-electron chi connectivity index (χ2n) is 5.93. The lowest BCUT2D eigenvalue weighted by Crippen LogP contribution is -2.30. The van der Waals surface area contributed by atoms with E-state index in [1.807, 2.05) is 42.5 Å². The van der Waals surface area contributed by atoms with Crippen molar-refractivity contribution in [2.24, 2.45) is 10.1 Å². The van der Waals surface area contributed by atoms with Crippen molar-refractivity contribution >= 4 is 11.5 Å². The highest BCUT2D eigenvalue weighted by molar-refractivity contribution is 6.18. The molecule has 1 aliphatic rings. The van der Waals surface area contributed by atoms with Gasteiger partial charge in [-0.2, -0.15) is 5.10 Å². The quantitative estimate of drug-likeness (QED) is 0.763. The summed E-state index contributed by atoms with van der Waals surface area (Å²) in [6.07, 6.45) is 5.20. The molecule has 1 atom stereocenters. The molecule has 0 amide bonds. The molecule has 24 heavy (non-hydrogen) atoms. The molecule has 0 N–H and O–H groups in total. The lowest BCUT2D eigenvalue weighted by atomic mass is 10.0. The van der Waals surface area contributed by atoms with Gasteiger partial charge in [-0.05, 0) is 19.4 Å². The molecule has 0 saturated carbocycles. The van der Waals surface area contributed by atoms with Crippen molar-refractivity contribution in [1.29, 1.82) is 0 Å². The number of aliphatic imine (C=N–C) groups is 1. The minimum absolute atomic E-state index is 0.414. The van der Waals surface area contributed by atoms with Crippen molar-refractivity contribution < 1.29 is 0 Å². The Labute approximate surface area is 144 Å². The largest absolute Gasteiger partial charge is 0.288 e. The average molecular weight is 317 g/mol. The third-order valence-corrected chi connectivity index (χ3v) is 4.21. The van der Waals surface area contributed by atoms with Crippen molar-refractivity contribution in [3.8, 4) is 0 Å². The van der Waals surface area contributed by atoms with E-state index >= 15 is 0 Å². The van der Waals surface area contributed by atoms with Crippen LogP contribution in [0, 0.1) is 0 Å². The summed E-state index contributed by atoms with van der Waals surface area (Å²) >= 11 is 0. The molecule has 2 aromatic rings. The summed E-state index contributed by atoms with van der Waals surface area (Å²) in [5.74, 6) is 0.754. The number of hydrogen-bond donors (Lipinski definition) is 0. The third-order valence-electron chi connectivity index (χ3n) is 4.21. The molecule has 0 saturated heterocycles. The van der Waals surface area contributed by atoms with Crippen LogP contribution in [0.3, 0.4) is 0 Å². The summed E-state index contributed by atoms with van der Waals surface area (Å²) in [6, 6.07) is 21.0. The molecule has 0 aliphatic carbocycles. The predicted molar refractivity (Wildman–Crippen MR) is 102 cm³/mol. The normalized spacial score (nSPS) is 14.9. The van der Waals surface area contributed by atoms with E-state index in [1.54, 1.807) is 0 Å². The van der Waals surface area contributed by atoms with Gasteiger partial charge in [0.05, 0.1) is 12.3 Å². The molecule has 3 nitrogen and oxygen atoms in total. The van der Waals surface area contributed by atoms with Crippen molar-refractivity contribution in [1.82, 2.24) is 5.01 Å². The number of rotatable bonds is 4. The van der Waals surface area contributed by atoms with Crippen molar-refractivity contribution in [3.63, 3.8) is 0 Å². The molecule has 2 aromatic carbocycles. The van der Waals surface area contributed by atoms with Gasteiger partial charge in [-0.1, -0.05) is 73.7 Å². The fraction of sp³-hybridized carbons (Fsp3) is 0.238. The Bertz CT molecular complexity index is 704. The lowest BCUT2D eigenvalue weighted by molar-refractivity contribution is 0.234. The van der Waals surface area contributed by atoms with Gasteiger partial charge in [0.25, 0.3) is 0 Å². The maximum atomic E-state index is 4.88. The van der Waals surface area contributed by atoms with E-state index in [0.29, 0.717) is 6.04 Å². The highest BCUT2D eigenvalue weighted by Crippen LogP contribution is 2.14. The Morgan fingerprint density at radius 3 is 2.17 bits per heavy atom. The Hall–Kier alpha value is -2.68. The second kappa shape index (κ2) is 7.73. The first-order chi connectivity index (χ1) is 11.8. The molecule has 0 spiro atoms. The van der Waals surface area contributed by atoms with Gasteiger partial charge in [0.2, 0.25) is 0 Å². The maximum Gasteiger partial charge on any atom is 0.172 e. The average Bonchev–Trinajstić information content (AvgIpc) is 2.67. The van der Waals surface area contributed by atoms with Crippen molar-refractivity contribution in [2.75, 3.05) is 6.54 Å². The molecule has 0 radical (unpaired) electrons.